The van der Waals surface area contributed by atoms with Gasteiger partial charge in [-0.05, 0) is 38.1 Å². The fourth-order valence-electron chi connectivity index (χ4n) is 1.90. The third-order valence-electron chi connectivity index (χ3n) is 2.92. The highest BCUT2D eigenvalue weighted by molar-refractivity contribution is 7.92. The van der Waals surface area contributed by atoms with Crippen molar-refractivity contribution in [3.05, 3.63) is 53.4 Å². The van der Waals surface area contributed by atoms with Crippen LogP contribution in [0.15, 0.2) is 29.2 Å². The Bertz CT molecular complexity index is 869. The second-order valence-electron chi connectivity index (χ2n) is 5.20. The second-order valence-corrected chi connectivity index (χ2v) is 6.81. The Kier molecular flexibility index (Phi) is 5.21. The molecule has 25 heavy (non-hydrogen) atoms. The molecule has 10 heteroatoms. The van der Waals surface area contributed by atoms with Crippen molar-refractivity contribution in [3.63, 3.8) is 0 Å². The molecule has 2 aromatic carbocycles. The Hall–Kier alpha value is -2.36. The van der Waals surface area contributed by atoms with Gasteiger partial charge in [-0.25, -0.2) is 30.4 Å². The van der Waals surface area contributed by atoms with Gasteiger partial charge in [0.25, 0.3) is 10.0 Å². The SMILES string of the molecule is CC(C)Oc1ccc(NS(=O)(=O)c2c(F)c(F)c(F)c(F)c2F)cc1. The van der Waals surface area contributed by atoms with Crippen LogP contribution >= 0.6 is 0 Å². The molecule has 0 heterocycles. The van der Waals surface area contributed by atoms with Crippen LogP contribution in [0.4, 0.5) is 27.6 Å². The van der Waals surface area contributed by atoms with Crippen molar-refractivity contribution in [2.24, 2.45) is 0 Å². The van der Waals surface area contributed by atoms with Crippen molar-refractivity contribution < 1.29 is 35.1 Å². The first kappa shape index (κ1) is 19.0. The van der Waals surface area contributed by atoms with E-state index >= 15 is 0 Å². The molecule has 0 atom stereocenters. The molecule has 1 N–H and O–H groups in total. The quantitative estimate of drug-likeness (QED) is 0.484. The highest BCUT2D eigenvalue weighted by Crippen LogP contribution is 2.28. The minimum absolute atomic E-state index is 0.143. The maximum Gasteiger partial charge on any atom is 0.267 e. The van der Waals surface area contributed by atoms with Gasteiger partial charge in [0.05, 0.1) is 6.10 Å². The molecule has 2 rings (SSSR count). The zero-order chi connectivity index (χ0) is 18.9. The summed E-state index contributed by atoms with van der Waals surface area (Å²) in [6.45, 7) is 3.53. The van der Waals surface area contributed by atoms with Crippen LogP contribution in [0, 0.1) is 29.1 Å². The second kappa shape index (κ2) is 6.87. The molecule has 0 unspecified atom stereocenters. The Balaban J connectivity index is 2.41. The zero-order valence-corrected chi connectivity index (χ0v) is 13.7. The fourth-order valence-corrected chi connectivity index (χ4v) is 3.10. The van der Waals surface area contributed by atoms with E-state index in [0.717, 1.165) is 0 Å². The Morgan fingerprint density at radius 2 is 1.28 bits per heavy atom. The molecular weight excluding hydrogens is 369 g/mol. The molecule has 0 aliphatic heterocycles. The Labute approximate surface area is 140 Å². The summed E-state index contributed by atoms with van der Waals surface area (Å²) in [5.74, 6) is -11.6. The Morgan fingerprint density at radius 3 is 1.72 bits per heavy atom. The lowest BCUT2D eigenvalue weighted by Crippen LogP contribution is -2.19. The van der Waals surface area contributed by atoms with Gasteiger partial charge in [-0.1, -0.05) is 0 Å². The highest BCUT2D eigenvalue weighted by Gasteiger charge is 2.33. The maximum atomic E-state index is 13.6. The summed E-state index contributed by atoms with van der Waals surface area (Å²) in [5.41, 5.74) is -0.153. The normalized spacial score (nSPS) is 11.7. The van der Waals surface area contributed by atoms with Gasteiger partial charge in [-0.2, -0.15) is 0 Å². The summed E-state index contributed by atoms with van der Waals surface area (Å²) in [6.07, 6.45) is -0.143. The monoisotopic (exact) mass is 381 g/mol. The van der Waals surface area contributed by atoms with E-state index in [9.17, 15) is 30.4 Å². The molecular formula is C15H12F5NO3S. The number of hydrogen-bond donors (Lipinski definition) is 1. The number of anilines is 1. The van der Waals surface area contributed by atoms with Gasteiger partial charge in [0, 0.05) is 5.69 Å². The van der Waals surface area contributed by atoms with Gasteiger partial charge >= 0.3 is 0 Å². The summed E-state index contributed by atoms with van der Waals surface area (Å²) in [7, 11) is -5.06. The molecule has 0 saturated carbocycles. The summed E-state index contributed by atoms with van der Waals surface area (Å²) >= 11 is 0. The summed E-state index contributed by atoms with van der Waals surface area (Å²) in [5, 5.41) is 0. The number of rotatable bonds is 5. The summed E-state index contributed by atoms with van der Waals surface area (Å²) in [6, 6.07) is 5.16. The highest BCUT2D eigenvalue weighted by atomic mass is 32.2. The predicted octanol–water partition coefficient (Wildman–Crippen LogP) is 3.97. The number of halogens is 5. The lowest BCUT2D eigenvalue weighted by atomic mass is 10.3. The zero-order valence-electron chi connectivity index (χ0n) is 12.9. The predicted molar refractivity (Wildman–Crippen MR) is 79.2 cm³/mol. The fraction of sp³-hybridized carbons (Fsp3) is 0.200. The van der Waals surface area contributed by atoms with E-state index in [-0.39, 0.29) is 11.8 Å². The van der Waals surface area contributed by atoms with E-state index in [0.29, 0.717) is 5.75 Å². The van der Waals surface area contributed by atoms with Gasteiger partial charge in [-0.15, -0.1) is 0 Å². The molecule has 2 aromatic rings. The minimum Gasteiger partial charge on any atom is -0.491 e. The van der Waals surface area contributed by atoms with Crippen molar-refractivity contribution in [1.82, 2.24) is 0 Å². The van der Waals surface area contributed by atoms with Crippen LogP contribution in [0.5, 0.6) is 5.75 Å². The Morgan fingerprint density at radius 1 is 0.840 bits per heavy atom. The molecule has 0 spiro atoms. The van der Waals surface area contributed by atoms with E-state index in [4.69, 9.17) is 4.74 Å². The maximum absolute atomic E-state index is 13.6. The van der Waals surface area contributed by atoms with Crippen molar-refractivity contribution in [2.75, 3.05) is 4.72 Å². The van der Waals surface area contributed by atoms with E-state index < -0.39 is 44.0 Å². The average Bonchev–Trinajstić information content (AvgIpc) is 2.52. The van der Waals surface area contributed by atoms with Crippen LogP contribution in [-0.2, 0) is 10.0 Å². The standard InChI is InChI=1S/C15H12F5NO3S/c1-7(2)24-9-5-3-8(4-6-9)21-25(22,23)15-13(19)11(17)10(16)12(18)14(15)20/h3-7,21H,1-2H3. The van der Waals surface area contributed by atoms with E-state index in [1.165, 1.54) is 24.3 Å². The van der Waals surface area contributed by atoms with Crippen LogP contribution in [-0.4, -0.2) is 14.5 Å². The molecule has 0 aromatic heterocycles. The number of hydrogen-bond acceptors (Lipinski definition) is 3. The van der Waals surface area contributed by atoms with Crippen LogP contribution in [0.1, 0.15) is 13.8 Å². The average molecular weight is 381 g/mol. The lowest BCUT2D eigenvalue weighted by Gasteiger charge is -2.13. The molecule has 0 saturated heterocycles. The van der Waals surface area contributed by atoms with E-state index in [2.05, 4.69) is 0 Å². The van der Waals surface area contributed by atoms with Crippen LogP contribution in [0.25, 0.3) is 0 Å². The van der Waals surface area contributed by atoms with Gasteiger partial charge in [0.2, 0.25) is 5.82 Å². The van der Waals surface area contributed by atoms with Crippen molar-refractivity contribution >= 4 is 15.7 Å². The van der Waals surface area contributed by atoms with Crippen LogP contribution in [0.2, 0.25) is 0 Å². The third kappa shape index (κ3) is 3.84. The number of nitrogens with one attached hydrogen (secondary N) is 1. The number of ether oxygens (including phenoxy) is 1. The van der Waals surface area contributed by atoms with Gasteiger partial charge in [0.1, 0.15) is 5.75 Å². The summed E-state index contributed by atoms with van der Waals surface area (Å²) < 4.78 is 97.8. The van der Waals surface area contributed by atoms with Gasteiger partial charge < -0.3 is 4.74 Å². The minimum atomic E-state index is -5.06. The summed E-state index contributed by atoms with van der Waals surface area (Å²) in [4.78, 5) is -1.95. The number of benzene rings is 2. The molecule has 0 aliphatic rings. The first-order valence-corrected chi connectivity index (χ1v) is 8.34. The largest absolute Gasteiger partial charge is 0.491 e. The van der Waals surface area contributed by atoms with Crippen LogP contribution < -0.4 is 9.46 Å². The topological polar surface area (TPSA) is 55.4 Å². The lowest BCUT2D eigenvalue weighted by molar-refractivity contribution is 0.242. The van der Waals surface area contributed by atoms with E-state index in [1.807, 2.05) is 0 Å². The first-order valence-electron chi connectivity index (χ1n) is 6.85. The van der Waals surface area contributed by atoms with Gasteiger partial charge in [0.15, 0.2) is 28.2 Å². The van der Waals surface area contributed by atoms with Crippen molar-refractivity contribution in [2.45, 2.75) is 24.8 Å². The van der Waals surface area contributed by atoms with Crippen molar-refractivity contribution in [3.8, 4) is 5.75 Å². The molecule has 0 radical (unpaired) electrons. The third-order valence-corrected chi connectivity index (χ3v) is 4.32. The van der Waals surface area contributed by atoms with Gasteiger partial charge in [-0.3, -0.25) is 4.72 Å². The first-order chi connectivity index (χ1) is 11.5. The molecule has 0 amide bonds. The molecule has 0 bridgehead atoms. The molecule has 0 fully saturated rings. The molecule has 0 aliphatic carbocycles. The number of sulfonamides is 1. The van der Waals surface area contributed by atoms with E-state index in [1.54, 1.807) is 18.6 Å². The smallest absolute Gasteiger partial charge is 0.267 e. The molecule has 136 valence electrons. The van der Waals surface area contributed by atoms with Crippen molar-refractivity contribution in [1.29, 1.82) is 0 Å². The molecule has 4 nitrogen and oxygen atoms in total. The van der Waals surface area contributed by atoms with Crippen LogP contribution in [0.3, 0.4) is 0 Å².